The van der Waals surface area contributed by atoms with Gasteiger partial charge in [-0.1, -0.05) is 18.7 Å². The molecule has 1 aromatic carbocycles. The lowest BCUT2D eigenvalue weighted by atomic mass is 9.94. The summed E-state index contributed by atoms with van der Waals surface area (Å²) in [6.07, 6.45) is -0.860. The topological polar surface area (TPSA) is 123 Å². The van der Waals surface area contributed by atoms with E-state index < -0.39 is 46.7 Å². The van der Waals surface area contributed by atoms with Crippen LogP contribution in [0.1, 0.15) is 63.4 Å². The first-order valence-electron chi connectivity index (χ1n) is 13.2. The molecule has 0 spiro atoms. The number of carbonyl (C=O) groups excluding carboxylic acids is 2. The average Bonchev–Trinajstić information content (AvgIpc) is 3.75. The lowest BCUT2D eigenvalue weighted by Crippen LogP contribution is -2.46. The highest BCUT2D eigenvalue weighted by Crippen LogP contribution is 2.42. The maximum atomic E-state index is 14.7. The average molecular weight is 570 g/mol. The van der Waals surface area contributed by atoms with Crippen molar-refractivity contribution in [3.05, 3.63) is 76.5 Å². The van der Waals surface area contributed by atoms with Gasteiger partial charge in [-0.3, -0.25) is 9.59 Å². The summed E-state index contributed by atoms with van der Waals surface area (Å²) in [5.41, 5.74) is 12.4. The lowest BCUT2D eigenvalue weighted by molar-refractivity contribution is -0.143. The smallest absolute Gasteiger partial charge is 0.396 e. The molecule has 1 fully saturated rings. The van der Waals surface area contributed by atoms with Crippen LogP contribution in [0.5, 0.6) is 0 Å². The second-order valence-electron chi connectivity index (χ2n) is 10.5. The van der Waals surface area contributed by atoms with Crippen molar-refractivity contribution in [3.63, 3.8) is 0 Å². The molecule has 3 aromatic rings. The molecule has 0 bridgehead atoms. The van der Waals surface area contributed by atoms with E-state index >= 15 is 0 Å². The molecule has 1 saturated carbocycles. The van der Waals surface area contributed by atoms with Crippen molar-refractivity contribution in [1.82, 2.24) is 24.6 Å². The Morgan fingerprint density at radius 2 is 1.78 bits per heavy atom. The third-order valence-electron chi connectivity index (χ3n) is 8.03. The van der Waals surface area contributed by atoms with Gasteiger partial charge in [0, 0.05) is 38.0 Å². The van der Waals surface area contributed by atoms with Crippen LogP contribution in [0.25, 0.3) is 5.69 Å². The number of hydrogen-bond acceptors (Lipinski definition) is 6. The van der Waals surface area contributed by atoms with E-state index in [1.807, 2.05) is 16.8 Å². The summed E-state index contributed by atoms with van der Waals surface area (Å²) in [6, 6.07) is 7.45. The van der Waals surface area contributed by atoms with Gasteiger partial charge in [-0.2, -0.15) is 18.3 Å². The predicted molar refractivity (Wildman–Crippen MR) is 142 cm³/mol. The largest absolute Gasteiger partial charge is 0.436 e. The summed E-state index contributed by atoms with van der Waals surface area (Å²) in [5.74, 6) is -3.32. The molecule has 4 N–H and O–H groups in total. The molecule has 1 aliphatic carbocycles. The molecule has 9 nitrogen and oxygen atoms in total. The summed E-state index contributed by atoms with van der Waals surface area (Å²) >= 11 is 0. The molecule has 1 unspecified atom stereocenters. The Balaban J connectivity index is 1.43. The van der Waals surface area contributed by atoms with Crippen LogP contribution in [0.15, 0.2) is 36.9 Å². The number of pyridine rings is 1. The Hall–Kier alpha value is -4.42. The molecule has 0 radical (unpaired) electrons. The van der Waals surface area contributed by atoms with E-state index in [4.69, 9.17) is 16.6 Å². The molecule has 13 heteroatoms. The van der Waals surface area contributed by atoms with Gasteiger partial charge in [-0.15, -0.1) is 0 Å². The molecule has 4 heterocycles. The highest BCUT2D eigenvalue weighted by atomic mass is 19.4. The number of nitrogens with two attached hydrogens (primary N) is 2. The van der Waals surface area contributed by atoms with E-state index in [-0.39, 0.29) is 19.0 Å². The van der Waals surface area contributed by atoms with E-state index in [1.165, 1.54) is 34.3 Å². The fourth-order valence-electron chi connectivity index (χ4n) is 5.84. The molecule has 6 rings (SSSR count). The molecule has 0 saturated heterocycles. The zero-order valence-corrected chi connectivity index (χ0v) is 21.9. The van der Waals surface area contributed by atoms with Gasteiger partial charge in [-0.05, 0) is 42.5 Å². The fourth-order valence-corrected chi connectivity index (χ4v) is 5.84. The standard InChI is InChI=1S/C28H27F4N7O2/c1-2-20(40)37-11-9-17-21-18(39(36-17)16-7-5-15(6-8-16)14-3-4-14)10-12-38(19(21)13-37)27(41)22-24(33)23(29)25(28(30,31)32)35-26(22)34/h2,5-8,14,19H,1,3-4,9-13H2,(H4,33,34,35). The molecule has 1 atom stereocenters. The summed E-state index contributed by atoms with van der Waals surface area (Å²) in [7, 11) is 0. The van der Waals surface area contributed by atoms with Gasteiger partial charge in [0.1, 0.15) is 11.4 Å². The number of alkyl halides is 3. The maximum absolute atomic E-state index is 14.7. The van der Waals surface area contributed by atoms with E-state index in [0.29, 0.717) is 31.0 Å². The summed E-state index contributed by atoms with van der Waals surface area (Å²) < 4.78 is 56.4. The highest BCUT2D eigenvalue weighted by molar-refractivity contribution is 6.04. The van der Waals surface area contributed by atoms with Crippen LogP contribution in [-0.2, 0) is 23.8 Å². The number of hydrogen-bond donors (Lipinski definition) is 2. The molecule has 3 aliphatic rings. The van der Waals surface area contributed by atoms with Crippen LogP contribution in [-0.4, -0.2) is 56.0 Å². The minimum atomic E-state index is -5.15. The van der Waals surface area contributed by atoms with Gasteiger partial charge in [0.2, 0.25) is 5.91 Å². The van der Waals surface area contributed by atoms with E-state index in [9.17, 15) is 27.2 Å². The Bertz CT molecular complexity index is 1580. The Morgan fingerprint density at radius 3 is 2.41 bits per heavy atom. The Kier molecular flexibility index (Phi) is 6.27. The molecule has 41 heavy (non-hydrogen) atoms. The van der Waals surface area contributed by atoms with E-state index in [0.717, 1.165) is 16.9 Å². The number of nitrogen functional groups attached to an aromatic ring is 2. The number of halogens is 4. The van der Waals surface area contributed by atoms with Crippen LogP contribution < -0.4 is 11.5 Å². The van der Waals surface area contributed by atoms with Gasteiger partial charge < -0.3 is 21.3 Å². The monoisotopic (exact) mass is 569 g/mol. The van der Waals surface area contributed by atoms with Gasteiger partial charge in [0.15, 0.2) is 11.5 Å². The third-order valence-corrected chi connectivity index (χ3v) is 8.03. The van der Waals surface area contributed by atoms with Crippen molar-refractivity contribution >= 4 is 23.3 Å². The number of rotatable bonds is 4. The van der Waals surface area contributed by atoms with Gasteiger partial charge in [0.25, 0.3) is 5.91 Å². The molecular weight excluding hydrogens is 542 g/mol. The van der Waals surface area contributed by atoms with Gasteiger partial charge >= 0.3 is 6.18 Å². The zero-order valence-electron chi connectivity index (χ0n) is 21.9. The van der Waals surface area contributed by atoms with Crippen molar-refractivity contribution in [1.29, 1.82) is 0 Å². The normalized spacial score (nSPS) is 18.6. The van der Waals surface area contributed by atoms with Crippen molar-refractivity contribution in [2.45, 2.75) is 43.8 Å². The molecule has 214 valence electrons. The summed E-state index contributed by atoms with van der Waals surface area (Å²) in [4.78, 5) is 32.5. The quantitative estimate of drug-likeness (QED) is 0.364. The fraction of sp³-hybridized carbons (Fsp3) is 0.357. The van der Waals surface area contributed by atoms with Gasteiger partial charge in [-0.25, -0.2) is 14.1 Å². The first-order chi connectivity index (χ1) is 19.5. The number of aromatic nitrogens is 3. The molecular formula is C28H27F4N7O2. The number of benzene rings is 1. The van der Waals surface area contributed by atoms with Crippen LogP contribution in [0, 0.1) is 5.82 Å². The van der Waals surface area contributed by atoms with Crippen molar-refractivity contribution in [2.75, 3.05) is 31.1 Å². The maximum Gasteiger partial charge on any atom is 0.436 e. The van der Waals surface area contributed by atoms with Crippen LogP contribution in [0.2, 0.25) is 0 Å². The number of amides is 2. The van der Waals surface area contributed by atoms with Crippen molar-refractivity contribution < 1.29 is 27.2 Å². The zero-order chi connectivity index (χ0) is 29.2. The summed E-state index contributed by atoms with van der Waals surface area (Å²) in [5, 5.41) is 4.87. The highest BCUT2D eigenvalue weighted by Gasteiger charge is 2.43. The third kappa shape index (κ3) is 4.49. The number of carbonyl (C=O) groups is 2. The number of anilines is 2. The first-order valence-corrected chi connectivity index (χ1v) is 13.2. The Labute approximate surface area is 232 Å². The molecule has 2 amide bonds. The predicted octanol–water partition coefficient (Wildman–Crippen LogP) is 3.78. The number of nitrogens with zero attached hydrogens (tertiary/aromatic N) is 5. The second-order valence-corrected chi connectivity index (χ2v) is 10.5. The van der Waals surface area contributed by atoms with E-state index in [1.54, 1.807) is 0 Å². The minimum Gasteiger partial charge on any atom is -0.396 e. The van der Waals surface area contributed by atoms with Crippen LogP contribution >= 0.6 is 0 Å². The first kappa shape index (κ1) is 26.8. The van der Waals surface area contributed by atoms with Gasteiger partial charge in [0.05, 0.1) is 28.8 Å². The Morgan fingerprint density at radius 1 is 1.07 bits per heavy atom. The lowest BCUT2D eigenvalue weighted by Gasteiger charge is -2.38. The minimum absolute atomic E-state index is 0.0687. The summed E-state index contributed by atoms with van der Waals surface area (Å²) in [6.45, 7) is 4.04. The second kappa shape index (κ2) is 9.60. The van der Waals surface area contributed by atoms with E-state index in [2.05, 4.69) is 23.7 Å². The van der Waals surface area contributed by atoms with Crippen LogP contribution in [0.4, 0.5) is 29.1 Å². The van der Waals surface area contributed by atoms with Crippen molar-refractivity contribution in [3.8, 4) is 5.69 Å². The molecule has 2 aliphatic heterocycles. The van der Waals surface area contributed by atoms with Crippen molar-refractivity contribution in [2.24, 2.45) is 0 Å². The molecule has 2 aromatic heterocycles. The van der Waals surface area contributed by atoms with Crippen LogP contribution in [0.3, 0.4) is 0 Å². The SMILES string of the molecule is C=CC(=O)N1CCc2nn(-c3ccc(C4CC4)cc3)c3c2C(C1)N(C(=O)c1c(N)nc(C(F)(F)F)c(F)c1N)CC3.